The maximum atomic E-state index is 13.8. The van der Waals surface area contributed by atoms with Gasteiger partial charge in [0.2, 0.25) is 0 Å². The number of halogens is 1. The van der Waals surface area contributed by atoms with Crippen LogP contribution in [0.25, 0.3) is 11.1 Å². The average molecular weight is 303 g/mol. The van der Waals surface area contributed by atoms with Gasteiger partial charge in [-0.2, -0.15) is 5.26 Å². The predicted octanol–water partition coefficient (Wildman–Crippen LogP) is 3.33. The molecule has 0 aliphatic heterocycles. The Morgan fingerprint density at radius 2 is 1.76 bits per heavy atom. The van der Waals surface area contributed by atoms with Gasteiger partial charge in [0.1, 0.15) is 11.9 Å². The van der Waals surface area contributed by atoms with Gasteiger partial charge in [-0.3, -0.25) is 0 Å². The molecule has 21 heavy (non-hydrogen) atoms. The Morgan fingerprint density at radius 3 is 2.29 bits per heavy atom. The first-order valence-electron chi connectivity index (χ1n) is 6.40. The zero-order chi connectivity index (χ0) is 15.6. The van der Waals surface area contributed by atoms with Crippen LogP contribution in [0.4, 0.5) is 4.39 Å². The van der Waals surface area contributed by atoms with E-state index >= 15 is 0 Å². The summed E-state index contributed by atoms with van der Waals surface area (Å²) in [7, 11) is -3.52. The maximum absolute atomic E-state index is 13.8. The molecule has 2 aromatic rings. The largest absolute Gasteiger partial charge is 0.224 e. The molecule has 0 unspecified atom stereocenters. The van der Waals surface area contributed by atoms with Crippen molar-refractivity contribution in [1.29, 1.82) is 5.26 Å². The number of hydrogen-bond acceptors (Lipinski definition) is 3. The summed E-state index contributed by atoms with van der Waals surface area (Å²) >= 11 is 0. The second-order valence-corrected chi connectivity index (χ2v) is 6.74. The van der Waals surface area contributed by atoms with Crippen LogP contribution in [0.1, 0.15) is 18.1 Å². The molecule has 3 nitrogen and oxygen atoms in total. The van der Waals surface area contributed by atoms with Gasteiger partial charge in [-0.15, -0.1) is 0 Å². The van der Waals surface area contributed by atoms with Crippen molar-refractivity contribution in [3.63, 3.8) is 0 Å². The third-order valence-electron chi connectivity index (χ3n) is 3.27. The Balaban J connectivity index is 2.61. The Morgan fingerprint density at radius 1 is 1.14 bits per heavy atom. The standard InChI is InChI=1S/C16H14FNO2S/c1-3-11-4-5-12(8-15(11)17)13-6-7-14(10-18)16(9-13)21(2,19)20/h4-9H,3H2,1-2H3. The number of sulfone groups is 1. The lowest BCUT2D eigenvalue weighted by atomic mass is 10.0. The van der Waals surface area contributed by atoms with E-state index in [1.165, 1.54) is 18.2 Å². The normalized spacial score (nSPS) is 11.1. The minimum Gasteiger partial charge on any atom is -0.224 e. The average Bonchev–Trinajstić information content (AvgIpc) is 2.45. The smallest absolute Gasteiger partial charge is 0.176 e. The molecule has 0 aliphatic carbocycles. The second-order valence-electron chi connectivity index (χ2n) is 4.75. The highest BCUT2D eigenvalue weighted by Gasteiger charge is 2.15. The molecule has 108 valence electrons. The number of nitrogens with zero attached hydrogens (tertiary/aromatic N) is 1. The molecule has 2 rings (SSSR count). The van der Waals surface area contributed by atoms with Gasteiger partial charge in [-0.05, 0) is 41.3 Å². The first kappa shape index (κ1) is 15.2. The minimum atomic E-state index is -3.52. The Kier molecular flexibility index (Phi) is 4.10. The molecule has 5 heteroatoms. The van der Waals surface area contributed by atoms with E-state index in [-0.39, 0.29) is 16.3 Å². The van der Waals surface area contributed by atoms with Gasteiger partial charge in [-0.1, -0.05) is 25.1 Å². The summed E-state index contributed by atoms with van der Waals surface area (Å²) in [5.74, 6) is -0.319. The molecule has 0 aliphatic rings. The molecule has 0 aromatic heterocycles. The highest BCUT2D eigenvalue weighted by atomic mass is 32.2. The number of aryl methyl sites for hydroxylation is 1. The predicted molar refractivity (Wildman–Crippen MR) is 79.0 cm³/mol. The van der Waals surface area contributed by atoms with Crippen LogP contribution in [0.15, 0.2) is 41.3 Å². The number of nitriles is 1. The van der Waals surface area contributed by atoms with Crippen LogP contribution in [0.2, 0.25) is 0 Å². The fourth-order valence-electron chi connectivity index (χ4n) is 2.11. The van der Waals surface area contributed by atoms with Crippen LogP contribution in [0.5, 0.6) is 0 Å². The molecule has 0 atom stereocenters. The van der Waals surface area contributed by atoms with E-state index in [4.69, 9.17) is 5.26 Å². The molecule has 0 spiro atoms. The topological polar surface area (TPSA) is 57.9 Å². The Bertz CT molecular complexity index is 836. The zero-order valence-electron chi connectivity index (χ0n) is 11.7. The summed E-state index contributed by atoms with van der Waals surface area (Å²) < 4.78 is 37.3. The highest BCUT2D eigenvalue weighted by molar-refractivity contribution is 7.90. The molecule has 0 saturated carbocycles. The van der Waals surface area contributed by atoms with Crippen molar-refractivity contribution in [1.82, 2.24) is 0 Å². The molecule has 2 aromatic carbocycles. The third kappa shape index (κ3) is 3.11. The van der Waals surface area contributed by atoms with E-state index in [0.717, 1.165) is 6.26 Å². The molecule has 0 bridgehead atoms. The molecule has 0 amide bonds. The molecular weight excluding hydrogens is 289 g/mol. The van der Waals surface area contributed by atoms with Crippen molar-refractivity contribution in [2.45, 2.75) is 18.2 Å². The first-order chi connectivity index (χ1) is 9.86. The van der Waals surface area contributed by atoms with Crippen LogP contribution in [-0.4, -0.2) is 14.7 Å². The summed E-state index contributed by atoms with van der Waals surface area (Å²) in [6.45, 7) is 1.86. The first-order valence-corrected chi connectivity index (χ1v) is 8.29. The number of benzene rings is 2. The van der Waals surface area contributed by atoms with Crippen LogP contribution >= 0.6 is 0 Å². The van der Waals surface area contributed by atoms with Crippen molar-refractivity contribution in [2.24, 2.45) is 0 Å². The lowest BCUT2D eigenvalue weighted by Gasteiger charge is -2.08. The van der Waals surface area contributed by atoms with Crippen molar-refractivity contribution in [3.05, 3.63) is 53.3 Å². The van der Waals surface area contributed by atoms with Crippen LogP contribution < -0.4 is 0 Å². The van der Waals surface area contributed by atoms with Gasteiger partial charge in [0.05, 0.1) is 10.5 Å². The maximum Gasteiger partial charge on any atom is 0.176 e. The second kappa shape index (κ2) is 5.66. The highest BCUT2D eigenvalue weighted by Crippen LogP contribution is 2.26. The Hall–Kier alpha value is -2.19. The van der Waals surface area contributed by atoms with Gasteiger partial charge >= 0.3 is 0 Å². The Labute approximate surface area is 123 Å². The SMILES string of the molecule is CCc1ccc(-c2ccc(C#N)c(S(C)(=O)=O)c2)cc1F. The molecule has 0 radical (unpaired) electrons. The van der Waals surface area contributed by atoms with E-state index in [0.29, 0.717) is 23.1 Å². The van der Waals surface area contributed by atoms with Crippen molar-refractivity contribution < 1.29 is 12.8 Å². The van der Waals surface area contributed by atoms with Gasteiger partial charge in [0.25, 0.3) is 0 Å². The van der Waals surface area contributed by atoms with E-state index in [1.807, 2.05) is 13.0 Å². The van der Waals surface area contributed by atoms with Gasteiger partial charge < -0.3 is 0 Å². The van der Waals surface area contributed by atoms with Crippen molar-refractivity contribution in [3.8, 4) is 17.2 Å². The third-order valence-corrected chi connectivity index (χ3v) is 4.41. The van der Waals surface area contributed by atoms with Crippen LogP contribution in [-0.2, 0) is 16.3 Å². The van der Waals surface area contributed by atoms with Gasteiger partial charge in [-0.25, -0.2) is 12.8 Å². The summed E-state index contributed by atoms with van der Waals surface area (Å²) in [6.07, 6.45) is 1.64. The monoisotopic (exact) mass is 303 g/mol. The minimum absolute atomic E-state index is 0.0394. The van der Waals surface area contributed by atoms with Gasteiger partial charge in [0, 0.05) is 6.26 Å². The van der Waals surface area contributed by atoms with Gasteiger partial charge in [0.15, 0.2) is 9.84 Å². The lowest BCUT2D eigenvalue weighted by Crippen LogP contribution is -2.01. The quantitative estimate of drug-likeness (QED) is 0.874. The molecule has 0 fully saturated rings. The van der Waals surface area contributed by atoms with Crippen molar-refractivity contribution in [2.75, 3.05) is 6.26 Å². The molecule has 0 heterocycles. The molecule has 0 N–H and O–H groups in total. The van der Waals surface area contributed by atoms with E-state index < -0.39 is 9.84 Å². The van der Waals surface area contributed by atoms with E-state index in [1.54, 1.807) is 18.2 Å². The zero-order valence-corrected chi connectivity index (χ0v) is 12.5. The molecule has 0 saturated heterocycles. The van der Waals surface area contributed by atoms with Crippen LogP contribution in [0, 0.1) is 17.1 Å². The fourth-order valence-corrected chi connectivity index (χ4v) is 2.97. The van der Waals surface area contributed by atoms with Crippen LogP contribution in [0.3, 0.4) is 0 Å². The van der Waals surface area contributed by atoms with Crippen molar-refractivity contribution >= 4 is 9.84 Å². The van der Waals surface area contributed by atoms with E-state index in [2.05, 4.69) is 0 Å². The summed E-state index contributed by atoms with van der Waals surface area (Å²) in [6, 6.07) is 11.1. The number of hydrogen-bond donors (Lipinski definition) is 0. The molecular formula is C16H14FNO2S. The van der Waals surface area contributed by atoms with E-state index in [9.17, 15) is 12.8 Å². The fraction of sp³-hybridized carbons (Fsp3) is 0.188. The lowest BCUT2D eigenvalue weighted by molar-refractivity contribution is 0.601. The summed E-state index contributed by atoms with van der Waals surface area (Å²) in [5, 5.41) is 8.98. The number of rotatable bonds is 3. The summed E-state index contributed by atoms with van der Waals surface area (Å²) in [4.78, 5) is -0.0394. The summed E-state index contributed by atoms with van der Waals surface area (Å²) in [5.41, 5.74) is 1.85.